The molecule has 3 N–H and O–H groups in total. The van der Waals surface area contributed by atoms with Gasteiger partial charge in [-0.05, 0) is 19.4 Å². The van der Waals surface area contributed by atoms with Crippen LogP contribution in [-0.2, 0) is 4.79 Å². The highest BCUT2D eigenvalue weighted by Crippen LogP contribution is 2.18. The third kappa shape index (κ3) is 2.18. The minimum Gasteiger partial charge on any atom is -0.481 e. The Morgan fingerprint density at radius 1 is 1.64 bits per heavy atom. The van der Waals surface area contributed by atoms with Gasteiger partial charge in [-0.2, -0.15) is 0 Å². The van der Waals surface area contributed by atoms with E-state index in [1.807, 2.05) is 0 Å². The van der Waals surface area contributed by atoms with Gasteiger partial charge in [-0.1, -0.05) is 6.92 Å². The molecule has 0 spiro atoms. The van der Waals surface area contributed by atoms with E-state index in [0.29, 0.717) is 17.8 Å². The van der Waals surface area contributed by atoms with Gasteiger partial charge < -0.3 is 10.8 Å². The number of aromatic nitrogens is 2. The molecule has 0 aromatic carbocycles. The Morgan fingerprint density at radius 2 is 2.29 bits per heavy atom. The van der Waals surface area contributed by atoms with Crippen molar-refractivity contribution in [3.8, 4) is 0 Å². The number of anilines is 1. The second kappa shape index (κ2) is 4.04. The second-order valence-corrected chi connectivity index (χ2v) is 3.09. The summed E-state index contributed by atoms with van der Waals surface area (Å²) in [4.78, 5) is 18.6. The van der Waals surface area contributed by atoms with Crippen LogP contribution < -0.4 is 5.73 Å². The maximum atomic E-state index is 10.9. The first-order valence-electron chi connectivity index (χ1n) is 4.38. The molecule has 14 heavy (non-hydrogen) atoms. The van der Waals surface area contributed by atoms with E-state index in [1.165, 1.54) is 0 Å². The quantitative estimate of drug-likeness (QED) is 0.749. The first-order valence-corrected chi connectivity index (χ1v) is 4.38. The Balaban J connectivity index is 3.10. The summed E-state index contributed by atoms with van der Waals surface area (Å²) in [6.07, 6.45) is 0.491. The van der Waals surface area contributed by atoms with Gasteiger partial charge >= 0.3 is 5.97 Å². The Morgan fingerprint density at radius 3 is 2.71 bits per heavy atom. The van der Waals surface area contributed by atoms with Gasteiger partial charge in [-0.3, -0.25) is 4.79 Å². The number of carbonyl (C=O) groups is 1. The van der Waals surface area contributed by atoms with E-state index in [-0.39, 0.29) is 5.95 Å². The smallest absolute Gasteiger partial charge is 0.312 e. The van der Waals surface area contributed by atoms with Gasteiger partial charge in [0.1, 0.15) is 0 Å². The van der Waals surface area contributed by atoms with Gasteiger partial charge in [0.15, 0.2) is 0 Å². The highest BCUT2D eigenvalue weighted by Gasteiger charge is 2.19. The first-order chi connectivity index (χ1) is 6.54. The lowest BCUT2D eigenvalue weighted by molar-refractivity contribution is -0.138. The largest absolute Gasteiger partial charge is 0.481 e. The topological polar surface area (TPSA) is 89.1 Å². The van der Waals surface area contributed by atoms with E-state index >= 15 is 0 Å². The molecule has 1 atom stereocenters. The molecule has 0 radical (unpaired) electrons. The predicted molar refractivity (Wildman–Crippen MR) is 51.8 cm³/mol. The van der Waals surface area contributed by atoms with Crippen molar-refractivity contribution in [3.05, 3.63) is 17.5 Å². The number of nitrogens with zero attached hydrogens (tertiary/aromatic N) is 2. The van der Waals surface area contributed by atoms with Crippen LogP contribution >= 0.6 is 0 Å². The molecule has 0 saturated carbocycles. The van der Waals surface area contributed by atoms with Crippen molar-refractivity contribution < 1.29 is 9.90 Å². The zero-order valence-corrected chi connectivity index (χ0v) is 8.19. The van der Waals surface area contributed by atoms with Gasteiger partial charge in [0.05, 0.1) is 11.6 Å². The molecule has 1 unspecified atom stereocenters. The maximum absolute atomic E-state index is 10.9. The van der Waals surface area contributed by atoms with E-state index in [0.717, 1.165) is 0 Å². The van der Waals surface area contributed by atoms with E-state index in [1.54, 1.807) is 19.9 Å². The fourth-order valence-corrected chi connectivity index (χ4v) is 1.31. The van der Waals surface area contributed by atoms with E-state index in [2.05, 4.69) is 9.97 Å². The molecule has 0 amide bonds. The van der Waals surface area contributed by atoms with Gasteiger partial charge in [0.2, 0.25) is 5.95 Å². The molecule has 0 bridgehead atoms. The SMILES string of the molecule is CCC(C(=O)O)c1cc(C)nc(N)n1. The van der Waals surface area contributed by atoms with Crippen LogP contribution in [0.5, 0.6) is 0 Å². The molecular weight excluding hydrogens is 182 g/mol. The minimum absolute atomic E-state index is 0.125. The first kappa shape index (κ1) is 10.4. The number of rotatable bonds is 3. The lowest BCUT2D eigenvalue weighted by atomic mass is 10.0. The molecule has 5 nitrogen and oxygen atoms in total. The van der Waals surface area contributed by atoms with Crippen molar-refractivity contribution in [3.63, 3.8) is 0 Å². The minimum atomic E-state index is -0.884. The fourth-order valence-electron chi connectivity index (χ4n) is 1.31. The van der Waals surface area contributed by atoms with Crippen LogP contribution in [0.2, 0.25) is 0 Å². The maximum Gasteiger partial charge on any atom is 0.312 e. The number of aliphatic carboxylic acids is 1. The number of nitrogen functional groups attached to an aromatic ring is 1. The number of carboxylic acid groups (broad SMARTS) is 1. The number of aryl methyl sites for hydroxylation is 1. The summed E-state index contributed by atoms with van der Waals surface area (Å²) in [5, 5.41) is 8.91. The molecule has 0 aliphatic carbocycles. The highest BCUT2D eigenvalue weighted by atomic mass is 16.4. The molecule has 0 saturated heterocycles. The second-order valence-electron chi connectivity index (χ2n) is 3.09. The molecule has 0 aliphatic rings. The van der Waals surface area contributed by atoms with E-state index in [9.17, 15) is 4.79 Å². The van der Waals surface area contributed by atoms with Crippen molar-refractivity contribution in [2.45, 2.75) is 26.2 Å². The average Bonchev–Trinajstić information content (AvgIpc) is 2.02. The van der Waals surface area contributed by atoms with E-state index in [4.69, 9.17) is 10.8 Å². The number of carboxylic acids is 1. The van der Waals surface area contributed by atoms with Gasteiger partial charge in [0, 0.05) is 5.69 Å². The molecular formula is C9H13N3O2. The van der Waals surface area contributed by atoms with Crippen molar-refractivity contribution in [1.29, 1.82) is 0 Å². The van der Waals surface area contributed by atoms with Crippen molar-refractivity contribution in [2.24, 2.45) is 0 Å². The molecule has 1 heterocycles. The fraction of sp³-hybridized carbons (Fsp3) is 0.444. The van der Waals surface area contributed by atoms with Crippen LogP contribution in [-0.4, -0.2) is 21.0 Å². The van der Waals surface area contributed by atoms with Gasteiger partial charge in [-0.15, -0.1) is 0 Å². The number of hydrogen-bond donors (Lipinski definition) is 2. The van der Waals surface area contributed by atoms with Gasteiger partial charge in [-0.25, -0.2) is 9.97 Å². The summed E-state index contributed by atoms with van der Waals surface area (Å²) in [6, 6.07) is 1.65. The van der Waals surface area contributed by atoms with Gasteiger partial charge in [0.25, 0.3) is 0 Å². The van der Waals surface area contributed by atoms with Crippen molar-refractivity contribution >= 4 is 11.9 Å². The van der Waals surface area contributed by atoms with E-state index < -0.39 is 11.9 Å². The van der Waals surface area contributed by atoms with Crippen LogP contribution in [0.15, 0.2) is 6.07 Å². The Hall–Kier alpha value is -1.65. The Labute approximate surface area is 82.0 Å². The Bertz CT molecular complexity index is 332. The molecule has 76 valence electrons. The normalized spacial score (nSPS) is 12.4. The predicted octanol–water partition coefficient (Wildman–Crippen LogP) is 0.945. The average molecular weight is 195 g/mol. The molecule has 0 aliphatic heterocycles. The highest BCUT2D eigenvalue weighted by molar-refractivity contribution is 5.75. The lowest BCUT2D eigenvalue weighted by Gasteiger charge is -2.09. The summed E-state index contributed by atoms with van der Waals surface area (Å²) >= 11 is 0. The Kier molecular flexibility index (Phi) is 3.01. The number of nitrogens with two attached hydrogens (primary N) is 1. The molecule has 0 fully saturated rings. The lowest BCUT2D eigenvalue weighted by Crippen LogP contribution is -2.14. The summed E-state index contributed by atoms with van der Waals surface area (Å²) < 4.78 is 0. The van der Waals surface area contributed by atoms with Crippen LogP contribution in [0.3, 0.4) is 0 Å². The summed E-state index contributed by atoms with van der Waals surface area (Å²) in [7, 11) is 0. The van der Waals surface area contributed by atoms with Crippen LogP contribution in [0.1, 0.15) is 30.7 Å². The summed E-state index contributed by atoms with van der Waals surface area (Å²) in [6.45, 7) is 3.56. The molecule has 1 aromatic rings. The third-order valence-electron chi connectivity index (χ3n) is 1.95. The summed E-state index contributed by atoms with van der Waals surface area (Å²) in [5.74, 6) is -1.36. The van der Waals surface area contributed by atoms with Crippen LogP contribution in [0.4, 0.5) is 5.95 Å². The standard InChI is InChI=1S/C9H13N3O2/c1-3-6(8(13)14)7-4-5(2)11-9(10)12-7/h4,6H,3H2,1-2H3,(H,13,14)(H2,10,11,12). The molecule has 5 heteroatoms. The van der Waals surface area contributed by atoms with Crippen molar-refractivity contribution in [2.75, 3.05) is 5.73 Å². The number of hydrogen-bond acceptors (Lipinski definition) is 4. The van der Waals surface area contributed by atoms with Crippen LogP contribution in [0, 0.1) is 6.92 Å². The van der Waals surface area contributed by atoms with Crippen LogP contribution in [0.25, 0.3) is 0 Å². The summed E-state index contributed by atoms with van der Waals surface area (Å²) in [5.41, 5.74) is 6.60. The zero-order valence-electron chi connectivity index (χ0n) is 8.19. The molecule has 1 rings (SSSR count). The molecule has 1 aromatic heterocycles. The monoisotopic (exact) mass is 195 g/mol. The zero-order chi connectivity index (χ0) is 10.7. The van der Waals surface area contributed by atoms with Crippen molar-refractivity contribution in [1.82, 2.24) is 9.97 Å². The third-order valence-corrected chi connectivity index (χ3v) is 1.95.